The third kappa shape index (κ3) is 10.1. The zero-order chi connectivity index (χ0) is 62.6. The summed E-state index contributed by atoms with van der Waals surface area (Å²) in [7, 11) is 0. The van der Waals surface area contributed by atoms with Crippen molar-refractivity contribution in [3.63, 3.8) is 0 Å². The first kappa shape index (κ1) is 62.7. The minimum absolute atomic E-state index is 0.114. The average Bonchev–Trinajstić information content (AvgIpc) is 1.83. The van der Waals surface area contributed by atoms with Gasteiger partial charge in [-0.2, -0.15) is 0 Å². The molecule has 2 unspecified atom stereocenters. The van der Waals surface area contributed by atoms with E-state index in [-0.39, 0.29) is 11.8 Å². The highest BCUT2D eigenvalue weighted by atomic mass is 14.9. The van der Waals surface area contributed by atoms with Gasteiger partial charge in [0.1, 0.15) is 0 Å². The molecular weight excluding hydrogens is 1080 g/mol. The Hall–Kier alpha value is -6.88. The van der Waals surface area contributed by atoms with Gasteiger partial charge in [0.2, 0.25) is 0 Å². The van der Waals surface area contributed by atoms with Crippen molar-refractivity contribution in [2.45, 2.75) is 250 Å². The Kier molecular flexibility index (Phi) is 18.5. The SMILES string of the molecule is CCC1=C(CC)c2cc3[nH]c(cc4[nH]c(c(CC)c4CC)c(C4CCC(c5c6nc(cc7[nH]c(cc8nc(cc9[nH]c5c(CC)c9CC)C(CC)=C8CC)c(CC)c7CC)C(CC)=C6CC)[C@H](N)[C@H]4N)c4nc(cc1n2)C(CC)=C4CC)c(CC)c3CC. The van der Waals surface area contributed by atoms with Gasteiger partial charge in [0.15, 0.2) is 0 Å². The molecule has 16 bridgehead atoms. The molecule has 0 aromatic carbocycles. The molecule has 6 aromatic heterocycles. The Morgan fingerprint density at radius 2 is 0.523 bits per heavy atom. The van der Waals surface area contributed by atoms with Crippen molar-refractivity contribution in [1.29, 1.82) is 0 Å². The first-order valence-electron chi connectivity index (χ1n) is 34.8. The summed E-state index contributed by atoms with van der Waals surface area (Å²) in [4.78, 5) is 39.4. The second-order valence-corrected chi connectivity index (χ2v) is 25.1. The Balaban J connectivity index is 1.23. The number of hydrogen-bond donors (Lipinski definition) is 6. The molecule has 0 saturated heterocycles. The lowest BCUT2D eigenvalue weighted by Crippen LogP contribution is -2.52. The van der Waals surface area contributed by atoms with E-state index in [1.165, 1.54) is 111 Å². The fourth-order valence-electron chi connectivity index (χ4n) is 17.1. The molecule has 88 heavy (non-hydrogen) atoms. The van der Waals surface area contributed by atoms with E-state index in [0.717, 1.165) is 194 Å². The zero-order valence-electron chi connectivity index (χ0n) is 56.4. The highest BCUT2D eigenvalue weighted by Crippen LogP contribution is 2.51. The number of hydrogen-bond acceptors (Lipinski definition) is 6. The predicted molar refractivity (Wildman–Crippen MR) is 377 cm³/mol. The number of nitrogens with two attached hydrogens (primary N) is 2. The van der Waals surface area contributed by atoms with Crippen LogP contribution in [0, 0.1) is 0 Å². The number of fused-ring (bicyclic) bond motifs is 16. The molecule has 0 radical (unpaired) electrons. The topological polar surface area (TPSA) is 167 Å². The highest BCUT2D eigenvalue weighted by molar-refractivity contribution is 5.99. The molecule has 4 aliphatic heterocycles. The van der Waals surface area contributed by atoms with Gasteiger partial charge in [0.25, 0.3) is 0 Å². The van der Waals surface area contributed by atoms with Crippen molar-refractivity contribution < 1.29 is 0 Å². The number of rotatable bonds is 18. The largest absolute Gasteiger partial charge is 0.355 e. The van der Waals surface area contributed by atoms with Crippen molar-refractivity contribution in [3.8, 4) is 0 Å². The van der Waals surface area contributed by atoms with Gasteiger partial charge in [-0.15, -0.1) is 0 Å². The van der Waals surface area contributed by atoms with Crippen LogP contribution in [0.1, 0.15) is 288 Å². The summed E-state index contributed by atoms with van der Waals surface area (Å²) >= 11 is 0. The van der Waals surface area contributed by atoms with Gasteiger partial charge >= 0.3 is 0 Å². The molecule has 10 heterocycles. The van der Waals surface area contributed by atoms with Crippen LogP contribution in [0.25, 0.3) is 88.7 Å². The van der Waals surface area contributed by atoms with Crippen molar-refractivity contribution in [1.82, 2.24) is 39.9 Å². The molecular formula is C78H102N10. The van der Waals surface area contributed by atoms with Crippen LogP contribution in [0.2, 0.25) is 0 Å². The molecule has 6 aromatic rings. The second-order valence-electron chi connectivity index (χ2n) is 25.1. The Labute approximate surface area is 525 Å². The molecule has 0 amide bonds. The third-order valence-electron chi connectivity index (χ3n) is 21.2. The van der Waals surface area contributed by atoms with Gasteiger partial charge in [0.05, 0.1) is 45.6 Å². The fraction of sp³-hybridized carbons (Fsp3) is 0.487. The quantitative estimate of drug-likeness (QED) is 0.0501. The molecule has 8 N–H and O–H groups in total. The van der Waals surface area contributed by atoms with Crippen LogP contribution in [0.15, 0.2) is 36.4 Å². The average molecular weight is 1180 g/mol. The van der Waals surface area contributed by atoms with Crippen LogP contribution in [0.5, 0.6) is 0 Å². The van der Waals surface area contributed by atoms with Crippen molar-refractivity contribution in [2.24, 2.45) is 11.5 Å². The van der Waals surface area contributed by atoms with E-state index in [1.807, 2.05) is 0 Å². The zero-order valence-corrected chi connectivity index (χ0v) is 56.4. The molecule has 1 fully saturated rings. The predicted octanol–water partition coefficient (Wildman–Crippen LogP) is 19.7. The summed E-state index contributed by atoms with van der Waals surface area (Å²) in [6, 6.07) is 13.3. The number of nitrogens with one attached hydrogen (secondary N) is 4. The van der Waals surface area contributed by atoms with Crippen molar-refractivity contribution >= 4 is 88.7 Å². The molecule has 4 atom stereocenters. The first-order valence-corrected chi connectivity index (χ1v) is 34.8. The van der Waals surface area contributed by atoms with Gasteiger partial charge < -0.3 is 31.4 Å². The van der Waals surface area contributed by atoms with E-state index in [2.05, 4.69) is 167 Å². The van der Waals surface area contributed by atoms with Crippen molar-refractivity contribution in [3.05, 3.63) is 138 Å². The summed E-state index contributed by atoms with van der Waals surface area (Å²) in [5.41, 5.74) is 57.8. The maximum Gasteiger partial charge on any atom is 0.0728 e. The molecule has 10 nitrogen and oxygen atoms in total. The summed E-state index contributed by atoms with van der Waals surface area (Å²) in [6.07, 6.45) is 15.9. The molecule has 1 saturated carbocycles. The minimum atomic E-state index is -0.428. The van der Waals surface area contributed by atoms with E-state index in [4.69, 9.17) is 31.4 Å². The van der Waals surface area contributed by atoms with E-state index < -0.39 is 12.1 Å². The van der Waals surface area contributed by atoms with E-state index in [9.17, 15) is 0 Å². The highest BCUT2D eigenvalue weighted by Gasteiger charge is 2.43. The van der Waals surface area contributed by atoms with Gasteiger partial charge in [-0.1, -0.05) is 111 Å². The standard InChI is InChI=1S/C78H102N10/c1-17-41-45(21-5)63-37-67-49(25-9)53(29-13)75(85-67)71(76-54(30-14)50(26-10)68(86-76)38-64-46(22-6)42(18-2)60(82-64)35-59(41)81-63)57-33-34-58(74(80)73(57)79)72-77-55(31-15)51(27-11)69(87-77)39-65-47(23-7)43(19-3)61(83-65)36-62-44(20-4)48(24-8)66(84-62)40-70-52(28-12)56(32-16)78(72)88-70/h35-40,57-58,73-74,81,83,85,88H,17-34,79-80H2,1-16H3/t57?,58?,73-,74-/m0/s1. The van der Waals surface area contributed by atoms with Gasteiger partial charge in [-0.3, -0.25) is 0 Å². The number of nitrogens with zero attached hydrogens (tertiary/aromatic N) is 4. The van der Waals surface area contributed by atoms with E-state index in [1.54, 1.807) is 0 Å². The summed E-state index contributed by atoms with van der Waals surface area (Å²) in [5, 5.41) is 0. The summed E-state index contributed by atoms with van der Waals surface area (Å²) in [5.74, 6) is -0.228. The number of aromatic amines is 4. The van der Waals surface area contributed by atoms with Crippen LogP contribution in [0.4, 0.5) is 0 Å². The van der Waals surface area contributed by atoms with Crippen LogP contribution in [-0.2, 0) is 51.4 Å². The monoisotopic (exact) mass is 1180 g/mol. The summed E-state index contributed by atoms with van der Waals surface area (Å²) < 4.78 is 0. The maximum atomic E-state index is 8.19. The minimum Gasteiger partial charge on any atom is -0.355 e. The van der Waals surface area contributed by atoms with Gasteiger partial charge in [-0.25, -0.2) is 19.9 Å². The van der Waals surface area contributed by atoms with E-state index >= 15 is 0 Å². The van der Waals surface area contributed by atoms with Gasteiger partial charge in [-0.05, 0) is 241 Å². The smallest absolute Gasteiger partial charge is 0.0728 e. The molecule has 0 spiro atoms. The fourth-order valence-corrected chi connectivity index (χ4v) is 17.1. The number of allylic oxidation sites excluding steroid dienone is 8. The number of H-pyrrole nitrogens is 4. The van der Waals surface area contributed by atoms with Gasteiger partial charge in [0, 0.05) is 79.2 Å². The Bertz CT molecular complexity index is 4210. The number of aryl methyl sites for hydroxylation is 8. The Morgan fingerprint density at radius 1 is 0.284 bits per heavy atom. The Morgan fingerprint density at radius 3 is 0.830 bits per heavy atom. The van der Waals surface area contributed by atoms with Crippen LogP contribution in [-0.4, -0.2) is 52.0 Å². The third-order valence-corrected chi connectivity index (χ3v) is 21.2. The van der Waals surface area contributed by atoms with E-state index in [0.29, 0.717) is 0 Å². The lowest BCUT2D eigenvalue weighted by atomic mass is 9.68. The maximum absolute atomic E-state index is 8.19. The normalized spacial score (nSPS) is 18.1. The molecule has 5 aliphatic rings. The summed E-state index contributed by atoms with van der Waals surface area (Å²) in [6.45, 7) is 36.8. The molecule has 1 aliphatic carbocycles. The molecule has 11 rings (SSSR count). The lowest BCUT2D eigenvalue weighted by Gasteiger charge is -2.41. The van der Waals surface area contributed by atoms with Crippen LogP contribution >= 0.6 is 0 Å². The van der Waals surface area contributed by atoms with Crippen LogP contribution in [0.3, 0.4) is 0 Å². The van der Waals surface area contributed by atoms with Crippen molar-refractivity contribution in [2.75, 3.05) is 0 Å². The van der Waals surface area contributed by atoms with Crippen LogP contribution < -0.4 is 11.5 Å². The first-order chi connectivity index (χ1) is 42.7. The lowest BCUT2D eigenvalue weighted by molar-refractivity contribution is 0.302. The molecule has 464 valence electrons. The second kappa shape index (κ2) is 25.9. The molecule has 10 heteroatoms. The number of aromatic nitrogens is 8.